The van der Waals surface area contributed by atoms with Crippen LogP contribution in [-0.4, -0.2) is 13.1 Å². The monoisotopic (exact) mass is 242 g/mol. The van der Waals surface area contributed by atoms with Crippen molar-refractivity contribution in [2.45, 2.75) is 72.1 Å². The second-order valence-electron chi connectivity index (χ2n) is 5.43. The topological polar surface area (TPSA) is 26.3 Å². The van der Waals surface area contributed by atoms with Crippen molar-refractivity contribution < 1.29 is 9.53 Å². The Kier molecular flexibility index (Phi) is 10.3. The highest BCUT2D eigenvalue weighted by Gasteiger charge is 2.12. The predicted octanol–water partition coefficient (Wildman–Crippen LogP) is 4.57. The lowest BCUT2D eigenvalue weighted by atomic mass is 9.91. The fourth-order valence-electron chi connectivity index (χ4n) is 2.35. The molecule has 0 fully saturated rings. The van der Waals surface area contributed by atoms with E-state index in [0.29, 0.717) is 12.3 Å². The van der Waals surface area contributed by atoms with Gasteiger partial charge in [0, 0.05) is 6.42 Å². The fourth-order valence-corrected chi connectivity index (χ4v) is 2.35. The molecule has 0 amide bonds. The Hall–Kier alpha value is -0.530. The summed E-state index contributed by atoms with van der Waals surface area (Å²) in [7, 11) is 1.46. The highest BCUT2D eigenvalue weighted by molar-refractivity contribution is 5.69. The zero-order chi connectivity index (χ0) is 13.1. The Balaban J connectivity index is 3.50. The lowest BCUT2D eigenvalue weighted by Crippen LogP contribution is -2.10. The summed E-state index contributed by atoms with van der Waals surface area (Å²) in [4.78, 5) is 11.1. The first-order valence-electron chi connectivity index (χ1n) is 7.16. The molecule has 0 N–H and O–H groups in total. The molecule has 17 heavy (non-hydrogen) atoms. The summed E-state index contributed by atoms with van der Waals surface area (Å²) in [5, 5.41) is 0. The van der Waals surface area contributed by atoms with Crippen LogP contribution in [0.5, 0.6) is 0 Å². The highest BCUT2D eigenvalue weighted by Crippen LogP contribution is 2.21. The molecule has 0 aromatic rings. The van der Waals surface area contributed by atoms with Gasteiger partial charge in [0.2, 0.25) is 0 Å². The Bertz CT molecular complexity index is 189. The Labute approximate surface area is 107 Å². The molecule has 0 spiro atoms. The average molecular weight is 242 g/mol. The van der Waals surface area contributed by atoms with E-state index in [1.165, 1.54) is 45.6 Å². The minimum atomic E-state index is -0.0763. The zero-order valence-electron chi connectivity index (χ0n) is 12.1. The molecule has 0 saturated carbocycles. The van der Waals surface area contributed by atoms with Gasteiger partial charge in [-0.1, -0.05) is 59.3 Å². The standard InChI is InChI=1S/C15H30O2/c1-5-6-7-8-9-10-13(2)11-14(3)12-15(16)17-4/h13-14H,5-12H2,1-4H3. The number of carbonyl (C=O) groups excluding carboxylic acids is 1. The lowest BCUT2D eigenvalue weighted by Gasteiger charge is -2.16. The van der Waals surface area contributed by atoms with E-state index in [1.807, 2.05) is 0 Å². The van der Waals surface area contributed by atoms with Gasteiger partial charge < -0.3 is 4.74 Å². The van der Waals surface area contributed by atoms with Gasteiger partial charge in [-0.05, 0) is 18.3 Å². The molecule has 0 bridgehead atoms. The molecule has 0 aliphatic rings. The Morgan fingerprint density at radius 2 is 1.71 bits per heavy atom. The maximum Gasteiger partial charge on any atom is 0.305 e. The number of ether oxygens (including phenoxy) is 1. The van der Waals surface area contributed by atoms with Gasteiger partial charge in [0.05, 0.1) is 7.11 Å². The van der Waals surface area contributed by atoms with Gasteiger partial charge >= 0.3 is 5.97 Å². The first-order chi connectivity index (χ1) is 8.10. The van der Waals surface area contributed by atoms with Crippen molar-refractivity contribution in [3.05, 3.63) is 0 Å². The summed E-state index contributed by atoms with van der Waals surface area (Å²) in [5.41, 5.74) is 0. The van der Waals surface area contributed by atoms with Crippen molar-refractivity contribution in [3.8, 4) is 0 Å². The lowest BCUT2D eigenvalue weighted by molar-refractivity contribution is -0.141. The van der Waals surface area contributed by atoms with Gasteiger partial charge in [-0.25, -0.2) is 0 Å². The van der Waals surface area contributed by atoms with E-state index >= 15 is 0 Å². The van der Waals surface area contributed by atoms with Gasteiger partial charge in [-0.3, -0.25) is 4.79 Å². The van der Waals surface area contributed by atoms with Crippen molar-refractivity contribution in [2.24, 2.45) is 11.8 Å². The Morgan fingerprint density at radius 1 is 1.06 bits per heavy atom. The molecule has 2 unspecified atom stereocenters. The van der Waals surface area contributed by atoms with Gasteiger partial charge in [-0.15, -0.1) is 0 Å². The van der Waals surface area contributed by atoms with Gasteiger partial charge in [0.1, 0.15) is 0 Å². The van der Waals surface area contributed by atoms with E-state index in [4.69, 9.17) is 0 Å². The number of hydrogen-bond donors (Lipinski definition) is 0. The summed E-state index contributed by atoms with van der Waals surface area (Å²) in [6, 6.07) is 0. The van der Waals surface area contributed by atoms with Crippen LogP contribution in [-0.2, 0) is 9.53 Å². The van der Waals surface area contributed by atoms with Crippen LogP contribution in [0.3, 0.4) is 0 Å². The van der Waals surface area contributed by atoms with Crippen molar-refractivity contribution in [1.29, 1.82) is 0 Å². The third kappa shape index (κ3) is 10.3. The van der Waals surface area contributed by atoms with E-state index in [0.717, 1.165) is 12.3 Å². The zero-order valence-corrected chi connectivity index (χ0v) is 12.1. The maximum atomic E-state index is 11.1. The average Bonchev–Trinajstić information content (AvgIpc) is 2.28. The van der Waals surface area contributed by atoms with Crippen LogP contribution in [0.2, 0.25) is 0 Å². The van der Waals surface area contributed by atoms with E-state index in [2.05, 4.69) is 25.5 Å². The van der Waals surface area contributed by atoms with Crippen molar-refractivity contribution in [2.75, 3.05) is 7.11 Å². The summed E-state index contributed by atoms with van der Waals surface area (Å²) >= 11 is 0. The summed E-state index contributed by atoms with van der Waals surface area (Å²) in [6.45, 7) is 6.69. The molecule has 102 valence electrons. The molecule has 2 heteroatoms. The normalized spacial score (nSPS) is 14.4. The molecular weight excluding hydrogens is 212 g/mol. The van der Waals surface area contributed by atoms with Gasteiger partial charge in [0.25, 0.3) is 0 Å². The van der Waals surface area contributed by atoms with Gasteiger partial charge in [-0.2, -0.15) is 0 Å². The molecule has 0 aromatic heterocycles. The number of rotatable bonds is 10. The fraction of sp³-hybridized carbons (Fsp3) is 0.933. The molecule has 0 rings (SSSR count). The molecule has 0 radical (unpaired) electrons. The first kappa shape index (κ1) is 16.5. The molecule has 2 atom stereocenters. The second kappa shape index (κ2) is 10.6. The summed E-state index contributed by atoms with van der Waals surface area (Å²) in [5.74, 6) is 1.11. The quantitative estimate of drug-likeness (QED) is 0.414. The SMILES string of the molecule is CCCCCCCC(C)CC(C)CC(=O)OC. The second-order valence-corrected chi connectivity index (χ2v) is 5.43. The molecule has 0 aliphatic heterocycles. The third-order valence-corrected chi connectivity index (χ3v) is 3.35. The molecule has 0 aliphatic carbocycles. The van der Waals surface area contributed by atoms with Crippen LogP contribution in [0.4, 0.5) is 0 Å². The minimum absolute atomic E-state index is 0.0763. The Morgan fingerprint density at radius 3 is 2.29 bits per heavy atom. The van der Waals surface area contributed by atoms with Crippen LogP contribution in [0.1, 0.15) is 72.1 Å². The van der Waals surface area contributed by atoms with Crippen LogP contribution in [0.25, 0.3) is 0 Å². The molecular formula is C15H30O2. The van der Waals surface area contributed by atoms with Crippen LogP contribution < -0.4 is 0 Å². The van der Waals surface area contributed by atoms with Crippen molar-refractivity contribution in [1.82, 2.24) is 0 Å². The first-order valence-corrected chi connectivity index (χ1v) is 7.16. The molecule has 0 heterocycles. The number of esters is 1. The minimum Gasteiger partial charge on any atom is -0.469 e. The van der Waals surface area contributed by atoms with Gasteiger partial charge in [0.15, 0.2) is 0 Å². The number of unbranched alkanes of at least 4 members (excludes halogenated alkanes) is 4. The van der Waals surface area contributed by atoms with E-state index in [9.17, 15) is 4.79 Å². The summed E-state index contributed by atoms with van der Waals surface area (Å²) < 4.78 is 4.69. The maximum absolute atomic E-state index is 11.1. The molecule has 0 saturated heterocycles. The van der Waals surface area contributed by atoms with Crippen molar-refractivity contribution >= 4 is 5.97 Å². The number of hydrogen-bond acceptors (Lipinski definition) is 2. The van der Waals surface area contributed by atoms with Crippen LogP contribution in [0, 0.1) is 11.8 Å². The summed E-state index contributed by atoms with van der Waals surface area (Å²) in [6.07, 6.45) is 9.77. The third-order valence-electron chi connectivity index (χ3n) is 3.35. The van der Waals surface area contributed by atoms with Crippen LogP contribution in [0.15, 0.2) is 0 Å². The predicted molar refractivity (Wildman–Crippen MR) is 73.0 cm³/mol. The molecule has 2 nitrogen and oxygen atoms in total. The van der Waals surface area contributed by atoms with E-state index in [1.54, 1.807) is 0 Å². The van der Waals surface area contributed by atoms with Crippen molar-refractivity contribution in [3.63, 3.8) is 0 Å². The largest absolute Gasteiger partial charge is 0.469 e. The van der Waals surface area contributed by atoms with E-state index < -0.39 is 0 Å². The highest BCUT2D eigenvalue weighted by atomic mass is 16.5. The molecule has 0 aromatic carbocycles. The van der Waals surface area contributed by atoms with Crippen LogP contribution >= 0.6 is 0 Å². The number of methoxy groups -OCH3 is 1. The smallest absolute Gasteiger partial charge is 0.305 e. The number of carbonyl (C=O) groups is 1. The van der Waals surface area contributed by atoms with E-state index in [-0.39, 0.29) is 5.97 Å².